The summed E-state index contributed by atoms with van der Waals surface area (Å²) in [6.45, 7) is 4.61. The van der Waals surface area contributed by atoms with Crippen molar-refractivity contribution in [2.45, 2.75) is 38.6 Å². The molecule has 2 heteroatoms. The molecule has 0 bridgehead atoms. The third-order valence-corrected chi connectivity index (χ3v) is 3.96. The quantitative estimate of drug-likeness (QED) is 0.776. The van der Waals surface area contributed by atoms with Crippen molar-refractivity contribution in [3.63, 3.8) is 0 Å². The predicted octanol–water partition coefficient (Wildman–Crippen LogP) is 3.03. The molecule has 0 spiro atoms. The van der Waals surface area contributed by atoms with Gasteiger partial charge in [0.05, 0.1) is 11.4 Å². The van der Waals surface area contributed by atoms with Crippen molar-refractivity contribution in [3.8, 4) is 0 Å². The number of anilines is 2. The summed E-state index contributed by atoms with van der Waals surface area (Å²) in [5.74, 6) is 0. The molecule has 1 fully saturated rings. The molecular formula is C14H20N2. The minimum Gasteiger partial charge on any atom is -0.381 e. The number of aryl methyl sites for hydroxylation is 1. The van der Waals surface area contributed by atoms with Gasteiger partial charge in [0.25, 0.3) is 0 Å². The maximum absolute atomic E-state index is 3.64. The molecule has 2 aliphatic rings. The van der Waals surface area contributed by atoms with Crippen molar-refractivity contribution in [2.24, 2.45) is 0 Å². The van der Waals surface area contributed by atoms with Crippen LogP contribution in [0.3, 0.4) is 0 Å². The summed E-state index contributed by atoms with van der Waals surface area (Å²) in [6.07, 6.45) is 5.22. The number of para-hydroxylation sites is 1. The van der Waals surface area contributed by atoms with Crippen LogP contribution in [0.15, 0.2) is 18.2 Å². The van der Waals surface area contributed by atoms with Crippen LogP contribution in [0.4, 0.5) is 11.4 Å². The van der Waals surface area contributed by atoms with Crippen LogP contribution in [0.25, 0.3) is 0 Å². The van der Waals surface area contributed by atoms with Crippen LogP contribution in [0, 0.1) is 0 Å². The van der Waals surface area contributed by atoms with E-state index in [-0.39, 0.29) is 0 Å². The first kappa shape index (κ1) is 10.0. The lowest BCUT2D eigenvalue weighted by Gasteiger charge is -2.43. The van der Waals surface area contributed by atoms with Gasteiger partial charge in [0.2, 0.25) is 0 Å². The Bertz CT molecular complexity index is 386. The molecule has 16 heavy (non-hydrogen) atoms. The second-order valence-electron chi connectivity index (χ2n) is 4.89. The van der Waals surface area contributed by atoms with Crippen LogP contribution in [0.1, 0.15) is 31.7 Å². The molecule has 86 valence electrons. The lowest BCUT2D eigenvalue weighted by atomic mass is 9.96. The molecule has 3 rings (SSSR count). The molecule has 2 nitrogen and oxygen atoms in total. The Hall–Kier alpha value is -1.18. The molecule has 0 aromatic heterocycles. The summed E-state index contributed by atoms with van der Waals surface area (Å²) >= 11 is 0. The number of nitrogens with one attached hydrogen (secondary N) is 1. The summed E-state index contributed by atoms with van der Waals surface area (Å²) in [7, 11) is 0. The van der Waals surface area contributed by atoms with Gasteiger partial charge in [0, 0.05) is 19.1 Å². The van der Waals surface area contributed by atoms with Gasteiger partial charge in [-0.25, -0.2) is 0 Å². The molecule has 2 aliphatic heterocycles. The Morgan fingerprint density at radius 3 is 3.19 bits per heavy atom. The molecule has 0 aliphatic carbocycles. The zero-order valence-electron chi connectivity index (χ0n) is 10.00. The number of nitrogens with zero attached hydrogens (tertiary/aromatic N) is 1. The Kier molecular flexibility index (Phi) is 2.50. The van der Waals surface area contributed by atoms with E-state index in [9.17, 15) is 0 Å². The van der Waals surface area contributed by atoms with E-state index in [0.717, 1.165) is 19.0 Å². The summed E-state index contributed by atoms with van der Waals surface area (Å²) in [4.78, 5) is 2.62. The summed E-state index contributed by atoms with van der Waals surface area (Å²) in [5.41, 5.74) is 4.29. The molecular weight excluding hydrogens is 196 g/mol. The maximum Gasteiger partial charge on any atom is 0.0611 e. The number of fused-ring (bicyclic) bond motifs is 3. The molecule has 1 saturated heterocycles. The summed E-state index contributed by atoms with van der Waals surface area (Å²) in [5, 5.41) is 3.64. The Balaban J connectivity index is 2.01. The summed E-state index contributed by atoms with van der Waals surface area (Å²) in [6, 6.07) is 7.46. The number of rotatable bonds is 1. The largest absolute Gasteiger partial charge is 0.381 e. The maximum atomic E-state index is 3.64. The molecule has 0 radical (unpaired) electrons. The molecule has 1 aromatic rings. The zero-order chi connectivity index (χ0) is 11.0. The second kappa shape index (κ2) is 4.00. The van der Waals surface area contributed by atoms with E-state index in [0.29, 0.717) is 0 Å². The van der Waals surface area contributed by atoms with Crippen molar-refractivity contribution in [2.75, 3.05) is 23.3 Å². The van der Waals surface area contributed by atoms with Gasteiger partial charge in [-0.3, -0.25) is 0 Å². The van der Waals surface area contributed by atoms with Gasteiger partial charge in [-0.1, -0.05) is 19.1 Å². The second-order valence-corrected chi connectivity index (χ2v) is 4.89. The van der Waals surface area contributed by atoms with E-state index in [1.54, 1.807) is 0 Å². The highest BCUT2D eigenvalue weighted by Gasteiger charge is 2.28. The molecule has 0 amide bonds. The van der Waals surface area contributed by atoms with Crippen molar-refractivity contribution < 1.29 is 0 Å². The van der Waals surface area contributed by atoms with Crippen LogP contribution >= 0.6 is 0 Å². The van der Waals surface area contributed by atoms with E-state index in [1.807, 2.05) is 0 Å². The SMILES string of the molecule is CCc1cccc2c1NCC1CCCCN21. The molecule has 1 atom stereocenters. The van der Waals surface area contributed by atoms with E-state index in [4.69, 9.17) is 0 Å². The normalized spacial score (nSPS) is 23.3. The van der Waals surface area contributed by atoms with Gasteiger partial charge < -0.3 is 10.2 Å². The highest BCUT2D eigenvalue weighted by molar-refractivity contribution is 5.76. The average molecular weight is 216 g/mol. The topological polar surface area (TPSA) is 15.3 Å². The average Bonchev–Trinajstić information content (AvgIpc) is 2.37. The van der Waals surface area contributed by atoms with Gasteiger partial charge in [-0.05, 0) is 37.3 Å². The van der Waals surface area contributed by atoms with Crippen molar-refractivity contribution in [1.29, 1.82) is 0 Å². The van der Waals surface area contributed by atoms with Crippen LogP contribution < -0.4 is 10.2 Å². The molecule has 1 unspecified atom stereocenters. The number of hydrogen-bond donors (Lipinski definition) is 1. The molecule has 2 heterocycles. The number of piperidine rings is 1. The lowest BCUT2D eigenvalue weighted by Crippen LogP contribution is -2.47. The van der Waals surface area contributed by atoms with Gasteiger partial charge in [-0.15, -0.1) is 0 Å². The first-order chi connectivity index (χ1) is 7.90. The number of benzene rings is 1. The highest BCUT2D eigenvalue weighted by Crippen LogP contribution is 2.37. The van der Waals surface area contributed by atoms with E-state index < -0.39 is 0 Å². The van der Waals surface area contributed by atoms with Gasteiger partial charge in [0.15, 0.2) is 0 Å². The van der Waals surface area contributed by atoms with Gasteiger partial charge in [0.1, 0.15) is 0 Å². The first-order valence-corrected chi connectivity index (χ1v) is 6.52. The smallest absolute Gasteiger partial charge is 0.0611 e. The first-order valence-electron chi connectivity index (χ1n) is 6.52. The van der Waals surface area contributed by atoms with Crippen molar-refractivity contribution in [3.05, 3.63) is 23.8 Å². The van der Waals surface area contributed by atoms with Gasteiger partial charge >= 0.3 is 0 Å². The Morgan fingerprint density at radius 2 is 2.31 bits per heavy atom. The minimum absolute atomic E-state index is 0.730. The van der Waals surface area contributed by atoms with E-state index in [2.05, 4.69) is 35.3 Å². The fourth-order valence-corrected chi connectivity index (χ4v) is 3.07. The van der Waals surface area contributed by atoms with Gasteiger partial charge in [-0.2, -0.15) is 0 Å². The molecule has 0 saturated carbocycles. The Morgan fingerprint density at radius 1 is 1.38 bits per heavy atom. The van der Waals surface area contributed by atoms with Crippen LogP contribution in [-0.2, 0) is 6.42 Å². The van der Waals surface area contributed by atoms with E-state index in [1.165, 1.54) is 42.7 Å². The standard InChI is InChI=1S/C14H20N2/c1-2-11-6-5-8-13-14(11)15-10-12-7-3-4-9-16(12)13/h5-6,8,12,15H,2-4,7,9-10H2,1H3. The van der Waals surface area contributed by atoms with Crippen LogP contribution in [0.2, 0.25) is 0 Å². The van der Waals surface area contributed by atoms with Crippen LogP contribution in [-0.4, -0.2) is 19.1 Å². The third kappa shape index (κ3) is 1.48. The third-order valence-electron chi connectivity index (χ3n) is 3.96. The molecule has 1 aromatic carbocycles. The van der Waals surface area contributed by atoms with Crippen LogP contribution in [0.5, 0.6) is 0 Å². The van der Waals surface area contributed by atoms with E-state index >= 15 is 0 Å². The lowest BCUT2D eigenvalue weighted by molar-refractivity contribution is 0.466. The fraction of sp³-hybridized carbons (Fsp3) is 0.571. The van der Waals surface area contributed by atoms with Crippen molar-refractivity contribution in [1.82, 2.24) is 0 Å². The summed E-state index contributed by atoms with van der Waals surface area (Å²) < 4.78 is 0. The monoisotopic (exact) mass is 216 g/mol. The highest BCUT2D eigenvalue weighted by atomic mass is 15.2. The molecule has 1 N–H and O–H groups in total. The minimum atomic E-state index is 0.730. The zero-order valence-corrected chi connectivity index (χ0v) is 10.00. The Labute approximate surface area is 97.6 Å². The fourth-order valence-electron chi connectivity index (χ4n) is 3.07. The van der Waals surface area contributed by atoms with Crippen molar-refractivity contribution >= 4 is 11.4 Å². The predicted molar refractivity (Wildman–Crippen MR) is 69.3 cm³/mol. The number of hydrogen-bond acceptors (Lipinski definition) is 2.